The number of para-hydroxylation sites is 1. The summed E-state index contributed by atoms with van der Waals surface area (Å²) in [6.45, 7) is 6.12. The van der Waals surface area contributed by atoms with E-state index in [0.29, 0.717) is 0 Å². The van der Waals surface area contributed by atoms with Crippen LogP contribution in [0.5, 0.6) is 0 Å². The SMILES string of the molecule is CC.Cc1ccc(-c2cccc(-c3ccc(-c4ccc5oc6ccccc6c5c4)cc3)c2)cc1. The zero-order valence-electron chi connectivity index (χ0n) is 19.9. The molecule has 0 saturated carbocycles. The van der Waals surface area contributed by atoms with E-state index in [2.05, 4.69) is 110 Å². The van der Waals surface area contributed by atoms with Crippen molar-refractivity contribution in [1.82, 2.24) is 0 Å². The predicted octanol–water partition coefficient (Wildman–Crippen LogP) is 9.92. The molecule has 6 rings (SSSR count). The molecular weight excluding hydrogens is 412 g/mol. The van der Waals surface area contributed by atoms with Crippen LogP contribution in [0.1, 0.15) is 19.4 Å². The molecule has 0 amide bonds. The van der Waals surface area contributed by atoms with Crippen molar-refractivity contribution < 1.29 is 4.42 Å². The third kappa shape index (κ3) is 4.13. The molecule has 0 aliphatic heterocycles. The molecule has 0 aliphatic carbocycles. The number of rotatable bonds is 3. The average molecular weight is 441 g/mol. The molecule has 1 nitrogen and oxygen atoms in total. The van der Waals surface area contributed by atoms with Crippen molar-refractivity contribution in [2.24, 2.45) is 0 Å². The molecule has 0 fully saturated rings. The fourth-order valence-corrected chi connectivity index (χ4v) is 4.39. The summed E-state index contributed by atoms with van der Waals surface area (Å²) in [4.78, 5) is 0. The maximum Gasteiger partial charge on any atom is 0.135 e. The molecular formula is C33H28O. The van der Waals surface area contributed by atoms with E-state index in [1.807, 2.05) is 26.0 Å². The summed E-state index contributed by atoms with van der Waals surface area (Å²) in [5, 5.41) is 2.32. The molecule has 0 atom stereocenters. The van der Waals surface area contributed by atoms with Gasteiger partial charge in [-0.15, -0.1) is 0 Å². The summed E-state index contributed by atoms with van der Waals surface area (Å²) in [5.41, 5.74) is 10.5. The average Bonchev–Trinajstić information content (AvgIpc) is 3.28. The zero-order valence-corrected chi connectivity index (χ0v) is 19.9. The summed E-state index contributed by atoms with van der Waals surface area (Å²) in [6.07, 6.45) is 0. The van der Waals surface area contributed by atoms with Crippen molar-refractivity contribution in [2.75, 3.05) is 0 Å². The van der Waals surface area contributed by atoms with Gasteiger partial charge in [0.05, 0.1) is 0 Å². The van der Waals surface area contributed by atoms with Gasteiger partial charge in [-0.1, -0.05) is 110 Å². The van der Waals surface area contributed by atoms with Crippen molar-refractivity contribution in [1.29, 1.82) is 0 Å². The summed E-state index contributed by atoms with van der Waals surface area (Å²) in [6, 6.07) is 40.9. The van der Waals surface area contributed by atoms with Crippen molar-refractivity contribution in [2.45, 2.75) is 20.8 Å². The Bertz CT molecular complexity index is 1550. The highest BCUT2D eigenvalue weighted by Crippen LogP contribution is 2.33. The Hall–Kier alpha value is -4.10. The minimum absolute atomic E-state index is 0.930. The highest BCUT2D eigenvalue weighted by molar-refractivity contribution is 6.06. The summed E-state index contributed by atoms with van der Waals surface area (Å²) in [7, 11) is 0. The van der Waals surface area contributed by atoms with Crippen LogP contribution in [0.15, 0.2) is 120 Å². The van der Waals surface area contributed by atoms with Gasteiger partial charge in [0.15, 0.2) is 0 Å². The molecule has 0 bridgehead atoms. The topological polar surface area (TPSA) is 13.1 Å². The molecule has 1 heteroatoms. The molecule has 0 spiro atoms. The molecule has 0 aliphatic rings. The van der Waals surface area contributed by atoms with E-state index in [9.17, 15) is 0 Å². The van der Waals surface area contributed by atoms with Crippen LogP contribution in [0.4, 0.5) is 0 Å². The number of benzene rings is 5. The Kier molecular flexibility index (Phi) is 6.01. The molecule has 1 aromatic heterocycles. The van der Waals surface area contributed by atoms with E-state index in [1.54, 1.807) is 0 Å². The lowest BCUT2D eigenvalue weighted by Gasteiger charge is -2.08. The largest absolute Gasteiger partial charge is 0.456 e. The predicted molar refractivity (Wildman–Crippen MR) is 146 cm³/mol. The highest BCUT2D eigenvalue weighted by atomic mass is 16.3. The Labute approximate surface area is 201 Å². The van der Waals surface area contributed by atoms with E-state index >= 15 is 0 Å². The van der Waals surface area contributed by atoms with Gasteiger partial charge in [-0.2, -0.15) is 0 Å². The van der Waals surface area contributed by atoms with Gasteiger partial charge < -0.3 is 4.42 Å². The monoisotopic (exact) mass is 440 g/mol. The van der Waals surface area contributed by atoms with Crippen LogP contribution in [-0.2, 0) is 0 Å². The number of furan rings is 1. The van der Waals surface area contributed by atoms with Crippen molar-refractivity contribution in [3.63, 3.8) is 0 Å². The molecule has 5 aromatic carbocycles. The molecule has 1 heterocycles. The lowest BCUT2D eigenvalue weighted by atomic mass is 9.96. The van der Waals surface area contributed by atoms with Gasteiger partial charge in [0, 0.05) is 10.8 Å². The smallest absolute Gasteiger partial charge is 0.135 e. The van der Waals surface area contributed by atoms with Gasteiger partial charge in [-0.25, -0.2) is 0 Å². The first-order valence-electron chi connectivity index (χ1n) is 11.9. The highest BCUT2D eigenvalue weighted by Gasteiger charge is 2.08. The van der Waals surface area contributed by atoms with Crippen molar-refractivity contribution in [3.8, 4) is 33.4 Å². The van der Waals surface area contributed by atoms with E-state index < -0.39 is 0 Å². The molecule has 0 unspecified atom stereocenters. The minimum Gasteiger partial charge on any atom is -0.456 e. The van der Waals surface area contributed by atoms with Gasteiger partial charge in [-0.3, -0.25) is 0 Å². The van der Waals surface area contributed by atoms with Gasteiger partial charge in [0.1, 0.15) is 11.2 Å². The Morgan fingerprint density at radius 2 is 0.912 bits per heavy atom. The third-order valence-corrected chi connectivity index (χ3v) is 6.18. The fourth-order valence-electron chi connectivity index (χ4n) is 4.39. The van der Waals surface area contributed by atoms with Crippen LogP contribution < -0.4 is 0 Å². The van der Waals surface area contributed by atoms with Crippen LogP contribution in [0, 0.1) is 6.92 Å². The van der Waals surface area contributed by atoms with Crippen LogP contribution in [0.3, 0.4) is 0 Å². The second-order valence-electron chi connectivity index (χ2n) is 8.33. The van der Waals surface area contributed by atoms with Crippen LogP contribution in [0.25, 0.3) is 55.3 Å². The summed E-state index contributed by atoms with van der Waals surface area (Å²) >= 11 is 0. The molecule has 34 heavy (non-hydrogen) atoms. The lowest BCUT2D eigenvalue weighted by molar-refractivity contribution is 0.669. The Morgan fingerprint density at radius 3 is 1.56 bits per heavy atom. The van der Waals surface area contributed by atoms with Crippen LogP contribution in [-0.4, -0.2) is 0 Å². The fraction of sp³-hybridized carbons (Fsp3) is 0.0909. The molecule has 0 radical (unpaired) electrons. The third-order valence-electron chi connectivity index (χ3n) is 6.18. The van der Waals surface area contributed by atoms with E-state index in [1.165, 1.54) is 38.9 Å². The second-order valence-corrected chi connectivity index (χ2v) is 8.33. The van der Waals surface area contributed by atoms with Crippen LogP contribution >= 0.6 is 0 Å². The number of aryl methyl sites for hydroxylation is 1. The summed E-state index contributed by atoms with van der Waals surface area (Å²) in [5.74, 6) is 0. The first kappa shape index (κ1) is 21.7. The molecule has 0 saturated heterocycles. The normalized spacial score (nSPS) is 10.8. The Balaban J connectivity index is 0.00000117. The molecule has 6 aromatic rings. The van der Waals surface area contributed by atoms with Gasteiger partial charge in [0.2, 0.25) is 0 Å². The first-order chi connectivity index (χ1) is 16.7. The van der Waals surface area contributed by atoms with E-state index in [4.69, 9.17) is 4.42 Å². The van der Waals surface area contributed by atoms with E-state index in [0.717, 1.165) is 21.9 Å². The number of fused-ring (bicyclic) bond motifs is 3. The number of hydrogen-bond donors (Lipinski definition) is 0. The van der Waals surface area contributed by atoms with Crippen LogP contribution in [0.2, 0.25) is 0 Å². The van der Waals surface area contributed by atoms with Gasteiger partial charge >= 0.3 is 0 Å². The van der Waals surface area contributed by atoms with Gasteiger partial charge in [-0.05, 0) is 64.6 Å². The second kappa shape index (κ2) is 9.41. The summed E-state index contributed by atoms with van der Waals surface area (Å²) < 4.78 is 5.97. The van der Waals surface area contributed by atoms with Gasteiger partial charge in [0.25, 0.3) is 0 Å². The maximum atomic E-state index is 5.97. The first-order valence-corrected chi connectivity index (χ1v) is 11.9. The minimum atomic E-state index is 0.930. The van der Waals surface area contributed by atoms with Crippen molar-refractivity contribution in [3.05, 3.63) is 121 Å². The number of hydrogen-bond acceptors (Lipinski definition) is 1. The maximum absolute atomic E-state index is 5.97. The zero-order chi connectivity index (χ0) is 23.5. The quantitative estimate of drug-likeness (QED) is 0.267. The Morgan fingerprint density at radius 1 is 0.412 bits per heavy atom. The van der Waals surface area contributed by atoms with E-state index in [-0.39, 0.29) is 0 Å². The van der Waals surface area contributed by atoms with Crippen molar-refractivity contribution >= 4 is 21.9 Å². The lowest BCUT2D eigenvalue weighted by Crippen LogP contribution is -1.83. The molecule has 166 valence electrons. The molecule has 0 N–H and O–H groups in total. The standard InChI is InChI=1S/C31H22O.C2H6/c1-21-9-11-22(12-10-21)25-5-4-6-26(19-25)23-13-15-24(16-14-23)27-17-18-31-29(20-27)28-7-2-3-8-30(28)32-31;1-2/h2-20H,1H3;1-2H3.